The number of fused-ring (bicyclic) bond motifs is 1. The number of anilines is 3. The van der Waals surface area contributed by atoms with Gasteiger partial charge in [0.05, 0.1) is 29.2 Å². The van der Waals surface area contributed by atoms with Crippen LogP contribution in [0.5, 0.6) is 0 Å². The van der Waals surface area contributed by atoms with Gasteiger partial charge >= 0.3 is 6.18 Å². The van der Waals surface area contributed by atoms with Gasteiger partial charge in [0.1, 0.15) is 11.1 Å². The molecule has 3 aromatic heterocycles. The number of hydrogen-bond donors (Lipinski definition) is 4. The van der Waals surface area contributed by atoms with E-state index < -0.39 is 29.8 Å². The summed E-state index contributed by atoms with van der Waals surface area (Å²) in [5.74, 6) is -1.17. The van der Waals surface area contributed by atoms with Gasteiger partial charge in [-0.25, -0.2) is 0 Å². The molecule has 170 valence electrons. The summed E-state index contributed by atoms with van der Waals surface area (Å²) in [4.78, 5) is 22.7. The van der Waals surface area contributed by atoms with E-state index in [2.05, 4.69) is 15.3 Å². The van der Waals surface area contributed by atoms with E-state index in [-0.39, 0.29) is 28.5 Å². The lowest BCUT2D eigenvalue weighted by atomic mass is 9.92. The highest BCUT2D eigenvalue weighted by atomic mass is 19.4. The Labute approximate surface area is 180 Å². The first-order chi connectivity index (χ1) is 15.1. The van der Waals surface area contributed by atoms with Crippen molar-refractivity contribution in [3.63, 3.8) is 0 Å². The lowest BCUT2D eigenvalue weighted by Crippen LogP contribution is -2.55. The van der Waals surface area contributed by atoms with Crippen LogP contribution in [-0.4, -0.2) is 46.2 Å². The largest absolute Gasteiger partial charge is 0.438 e. The van der Waals surface area contributed by atoms with Crippen LogP contribution in [0.4, 0.5) is 30.4 Å². The Balaban J connectivity index is 1.64. The van der Waals surface area contributed by atoms with Crippen molar-refractivity contribution in [1.29, 1.82) is 0 Å². The molecule has 0 spiro atoms. The Morgan fingerprint density at radius 2 is 2.09 bits per heavy atom. The molecule has 0 saturated carbocycles. The van der Waals surface area contributed by atoms with E-state index in [1.54, 1.807) is 12.3 Å². The number of aromatic nitrogens is 2. The number of aliphatic hydroxyl groups excluding tert-OH is 1. The predicted molar refractivity (Wildman–Crippen MR) is 111 cm³/mol. The Kier molecular flexibility index (Phi) is 5.42. The Hall–Kier alpha value is -3.38. The standard InChI is InChI=1S/C20H21F3N6O3/c1-9-7-29(8-11(24)17(9)30)13-2-3-26-6-12(13)28-19(31)15-16-14(32-18(15)25)4-10(5-27-16)20(21,22)23/h2-6,9,11,17,30H,7-8,24-25H2,1H3,(H,28,31)/t9-,11+,17?/m0/s1. The van der Waals surface area contributed by atoms with Crippen LogP contribution in [0.3, 0.4) is 0 Å². The molecule has 4 heterocycles. The van der Waals surface area contributed by atoms with E-state index in [9.17, 15) is 23.1 Å². The first-order valence-corrected chi connectivity index (χ1v) is 9.75. The van der Waals surface area contributed by atoms with E-state index >= 15 is 0 Å². The number of amides is 1. The summed E-state index contributed by atoms with van der Waals surface area (Å²) in [6.07, 6.45) is -1.66. The normalized spacial score (nSPS) is 21.7. The molecule has 0 aromatic carbocycles. The first-order valence-electron chi connectivity index (χ1n) is 9.75. The van der Waals surface area contributed by atoms with E-state index in [1.807, 2.05) is 11.8 Å². The number of furan rings is 1. The van der Waals surface area contributed by atoms with E-state index in [4.69, 9.17) is 15.9 Å². The number of carbonyl (C=O) groups excluding carboxylic acids is 1. The van der Waals surface area contributed by atoms with Crippen LogP contribution >= 0.6 is 0 Å². The maximum Gasteiger partial charge on any atom is 0.418 e. The molecule has 6 N–H and O–H groups in total. The number of nitrogen functional groups attached to an aromatic ring is 1. The van der Waals surface area contributed by atoms with Crippen LogP contribution in [0.15, 0.2) is 35.1 Å². The second-order valence-corrected chi connectivity index (χ2v) is 7.79. The minimum atomic E-state index is -4.62. The number of nitrogens with two attached hydrogens (primary N) is 2. The zero-order chi connectivity index (χ0) is 23.2. The van der Waals surface area contributed by atoms with E-state index in [0.717, 1.165) is 6.07 Å². The summed E-state index contributed by atoms with van der Waals surface area (Å²) >= 11 is 0. The third-order valence-corrected chi connectivity index (χ3v) is 5.46. The van der Waals surface area contributed by atoms with Crippen LogP contribution < -0.4 is 21.7 Å². The van der Waals surface area contributed by atoms with Gasteiger partial charge < -0.3 is 31.2 Å². The second-order valence-electron chi connectivity index (χ2n) is 7.79. The Morgan fingerprint density at radius 3 is 2.78 bits per heavy atom. The molecule has 0 aliphatic carbocycles. The fourth-order valence-electron chi connectivity index (χ4n) is 3.83. The number of alkyl halides is 3. The molecule has 3 atom stereocenters. The molecule has 9 nitrogen and oxygen atoms in total. The molecule has 32 heavy (non-hydrogen) atoms. The topological polar surface area (TPSA) is 144 Å². The monoisotopic (exact) mass is 450 g/mol. The molecular weight excluding hydrogens is 429 g/mol. The summed E-state index contributed by atoms with van der Waals surface area (Å²) in [7, 11) is 0. The fourth-order valence-corrected chi connectivity index (χ4v) is 3.83. The molecule has 1 amide bonds. The number of halogens is 3. The molecule has 1 aliphatic rings. The van der Waals surface area contributed by atoms with Crippen molar-refractivity contribution in [2.75, 3.05) is 29.0 Å². The van der Waals surface area contributed by atoms with Crippen LogP contribution in [0.1, 0.15) is 22.8 Å². The minimum Gasteiger partial charge on any atom is -0.438 e. The number of aliphatic hydroxyl groups is 1. The van der Waals surface area contributed by atoms with Gasteiger partial charge in [-0.05, 0) is 12.1 Å². The van der Waals surface area contributed by atoms with Gasteiger partial charge in [-0.3, -0.25) is 14.8 Å². The summed E-state index contributed by atoms with van der Waals surface area (Å²) in [5.41, 5.74) is 11.3. The highest BCUT2D eigenvalue weighted by Gasteiger charge is 2.34. The molecule has 12 heteroatoms. The maximum absolute atomic E-state index is 13.0. The third kappa shape index (κ3) is 3.94. The molecule has 0 bridgehead atoms. The summed E-state index contributed by atoms with van der Waals surface area (Å²) in [6.45, 7) is 2.73. The van der Waals surface area contributed by atoms with Gasteiger partial charge in [0.2, 0.25) is 5.88 Å². The van der Waals surface area contributed by atoms with Gasteiger partial charge in [0.25, 0.3) is 5.91 Å². The molecule has 1 aliphatic heterocycles. The van der Waals surface area contributed by atoms with Gasteiger partial charge in [0.15, 0.2) is 5.58 Å². The smallest absolute Gasteiger partial charge is 0.418 e. The molecule has 4 rings (SSSR count). The van der Waals surface area contributed by atoms with Crippen molar-refractivity contribution in [1.82, 2.24) is 9.97 Å². The van der Waals surface area contributed by atoms with Gasteiger partial charge in [-0.1, -0.05) is 6.92 Å². The van der Waals surface area contributed by atoms with Gasteiger partial charge in [-0.2, -0.15) is 13.2 Å². The quantitative estimate of drug-likeness (QED) is 0.476. The Bertz CT molecular complexity index is 1150. The first kappa shape index (κ1) is 21.8. The number of pyridine rings is 2. The van der Waals surface area contributed by atoms with Crippen LogP contribution in [0, 0.1) is 5.92 Å². The number of nitrogens with zero attached hydrogens (tertiary/aromatic N) is 3. The number of piperidine rings is 1. The van der Waals surface area contributed by atoms with Gasteiger partial charge in [-0.15, -0.1) is 0 Å². The highest BCUT2D eigenvalue weighted by Crippen LogP contribution is 2.35. The zero-order valence-electron chi connectivity index (χ0n) is 16.9. The molecule has 1 saturated heterocycles. The number of carbonyl (C=O) groups is 1. The lowest BCUT2D eigenvalue weighted by molar-refractivity contribution is -0.137. The Morgan fingerprint density at radius 1 is 1.34 bits per heavy atom. The van der Waals surface area contributed by atoms with Crippen LogP contribution in [-0.2, 0) is 6.18 Å². The molecular formula is C20H21F3N6O3. The molecule has 1 unspecified atom stereocenters. The van der Waals surface area contributed by atoms with Crippen LogP contribution in [0.25, 0.3) is 11.1 Å². The van der Waals surface area contributed by atoms with Crippen molar-refractivity contribution in [3.8, 4) is 0 Å². The highest BCUT2D eigenvalue weighted by molar-refractivity contribution is 6.15. The number of rotatable bonds is 3. The van der Waals surface area contributed by atoms with Crippen molar-refractivity contribution < 1.29 is 27.5 Å². The molecule has 0 radical (unpaired) electrons. The van der Waals surface area contributed by atoms with E-state index in [0.29, 0.717) is 30.7 Å². The fraction of sp³-hybridized carbons (Fsp3) is 0.350. The second kappa shape index (κ2) is 7.95. The number of hydrogen-bond acceptors (Lipinski definition) is 8. The maximum atomic E-state index is 13.0. The lowest BCUT2D eigenvalue weighted by Gasteiger charge is -2.40. The predicted octanol–water partition coefficient (Wildman–Crippen LogP) is 2.22. The molecule has 3 aromatic rings. The summed E-state index contributed by atoms with van der Waals surface area (Å²) < 4.78 is 44.0. The van der Waals surface area contributed by atoms with Crippen molar-refractivity contribution in [2.45, 2.75) is 25.2 Å². The number of nitrogens with one attached hydrogen (secondary N) is 1. The average molecular weight is 450 g/mol. The molecule has 1 fully saturated rings. The summed E-state index contributed by atoms with van der Waals surface area (Å²) in [6, 6.07) is 1.96. The summed E-state index contributed by atoms with van der Waals surface area (Å²) in [5, 5.41) is 12.8. The third-order valence-electron chi connectivity index (χ3n) is 5.46. The van der Waals surface area contributed by atoms with E-state index in [1.165, 1.54) is 6.20 Å². The average Bonchev–Trinajstić information content (AvgIpc) is 3.06. The SMILES string of the molecule is C[C@H]1CN(c2ccncc2NC(=O)c2c(N)oc3cc(C(F)(F)F)cnc23)C[C@@H](N)C1O. The van der Waals surface area contributed by atoms with Crippen molar-refractivity contribution in [2.24, 2.45) is 11.7 Å². The minimum absolute atomic E-state index is 0.0878. The van der Waals surface area contributed by atoms with Crippen molar-refractivity contribution >= 4 is 34.3 Å². The van der Waals surface area contributed by atoms with Crippen LogP contribution in [0.2, 0.25) is 0 Å². The zero-order valence-corrected chi connectivity index (χ0v) is 16.9. The van der Waals surface area contributed by atoms with Gasteiger partial charge in [0, 0.05) is 37.4 Å². The van der Waals surface area contributed by atoms with Crippen molar-refractivity contribution in [3.05, 3.63) is 41.9 Å².